The van der Waals surface area contributed by atoms with Gasteiger partial charge in [0.2, 0.25) is 0 Å². The zero-order valence-corrected chi connectivity index (χ0v) is 16.1. The lowest BCUT2D eigenvalue weighted by Gasteiger charge is -2.08. The average Bonchev–Trinajstić information content (AvgIpc) is 3.38. The molecule has 0 spiro atoms. The van der Waals surface area contributed by atoms with Gasteiger partial charge >= 0.3 is 0 Å². The van der Waals surface area contributed by atoms with Crippen molar-refractivity contribution in [3.63, 3.8) is 0 Å². The minimum absolute atomic E-state index is 0.878. The third-order valence-electron chi connectivity index (χ3n) is 5.52. The molecule has 0 radical (unpaired) electrons. The summed E-state index contributed by atoms with van der Waals surface area (Å²) >= 11 is 0. The molecule has 4 heteroatoms. The minimum Gasteiger partial charge on any atom is -0.339 e. The van der Waals surface area contributed by atoms with Crippen molar-refractivity contribution >= 4 is 22.1 Å². The van der Waals surface area contributed by atoms with E-state index in [9.17, 15) is 0 Å². The highest BCUT2D eigenvalue weighted by atomic mass is 14.9. The van der Waals surface area contributed by atoms with E-state index in [1.807, 2.05) is 36.7 Å². The van der Waals surface area contributed by atoms with Gasteiger partial charge in [-0.3, -0.25) is 0 Å². The number of aromatic nitrogens is 4. The number of hydrogen-bond acceptors (Lipinski definition) is 2. The van der Waals surface area contributed by atoms with E-state index >= 15 is 0 Å². The molecule has 30 heavy (non-hydrogen) atoms. The van der Waals surface area contributed by atoms with E-state index in [-0.39, 0.29) is 0 Å². The molecule has 0 atom stereocenters. The molecule has 0 bridgehead atoms. The van der Waals surface area contributed by atoms with Gasteiger partial charge in [0.15, 0.2) is 0 Å². The van der Waals surface area contributed by atoms with Gasteiger partial charge < -0.3 is 9.97 Å². The lowest BCUT2D eigenvalue weighted by Crippen LogP contribution is -1.86. The number of aromatic amines is 2. The number of nitrogens with one attached hydrogen (secondary N) is 2. The molecule has 4 aromatic heterocycles. The van der Waals surface area contributed by atoms with E-state index in [4.69, 9.17) is 0 Å². The first-order chi connectivity index (χ1) is 14.9. The fourth-order valence-corrected chi connectivity index (χ4v) is 4.21. The van der Waals surface area contributed by atoms with Crippen LogP contribution in [0.3, 0.4) is 0 Å². The second-order valence-electron chi connectivity index (χ2n) is 7.28. The fourth-order valence-electron chi connectivity index (χ4n) is 4.21. The number of rotatable bonds is 3. The number of fused-ring (bicyclic) bond motifs is 2. The zero-order chi connectivity index (χ0) is 19.9. The van der Waals surface area contributed by atoms with Crippen molar-refractivity contribution in [2.75, 3.05) is 0 Å². The molecule has 0 aliphatic rings. The van der Waals surface area contributed by atoms with Gasteiger partial charge in [0.1, 0.15) is 11.3 Å². The van der Waals surface area contributed by atoms with E-state index in [0.717, 1.165) is 55.7 Å². The van der Waals surface area contributed by atoms with Crippen LogP contribution in [0.25, 0.3) is 55.7 Å². The Bertz CT molecular complexity index is 1360. The van der Waals surface area contributed by atoms with Crippen LogP contribution in [0.1, 0.15) is 0 Å². The van der Waals surface area contributed by atoms with Crippen LogP contribution in [0.4, 0.5) is 0 Å². The van der Waals surface area contributed by atoms with Crippen LogP contribution >= 0.6 is 0 Å². The van der Waals surface area contributed by atoms with Crippen molar-refractivity contribution in [2.45, 2.75) is 0 Å². The van der Waals surface area contributed by atoms with Gasteiger partial charge in [-0.25, -0.2) is 9.97 Å². The molecule has 4 heterocycles. The lowest BCUT2D eigenvalue weighted by molar-refractivity contribution is 1.32. The molecule has 2 N–H and O–H groups in total. The van der Waals surface area contributed by atoms with Crippen molar-refractivity contribution in [1.82, 2.24) is 19.9 Å². The summed E-state index contributed by atoms with van der Waals surface area (Å²) in [4.78, 5) is 16.3. The second-order valence-corrected chi connectivity index (χ2v) is 7.28. The molecule has 0 amide bonds. The van der Waals surface area contributed by atoms with Gasteiger partial charge in [0.05, 0.1) is 11.4 Å². The third kappa shape index (κ3) is 2.54. The minimum atomic E-state index is 0.878. The molecule has 0 aliphatic carbocycles. The second kappa shape index (κ2) is 6.71. The Morgan fingerprint density at radius 1 is 0.467 bits per heavy atom. The summed E-state index contributed by atoms with van der Waals surface area (Å²) in [5, 5.41) is 2.19. The Hall–Kier alpha value is -4.18. The smallest absolute Gasteiger partial charge is 0.138 e. The molecule has 4 nitrogen and oxygen atoms in total. The summed E-state index contributed by atoms with van der Waals surface area (Å²) in [5.74, 6) is 0. The maximum absolute atomic E-state index is 4.60. The number of nitrogens with zero attached hydrogens (tertiary/aromatic N) is 2. The summed E-state index contributed by atoms with van der Waals surface area (Å²) < 4.78 is 0. The van der Waals surface area contributed by atoms with E-state index in [1.54, 1.807) is 0 Å². The maximum Gasteiger partial charge on any atom is 0.138 e. The average molecular weight is 386 g/mol. The molecule has 0 saturated heterocycles. The summed E-state index contributed by atoms with van der Waals surface area (Å²) in [7, 11) is 0. The van der Waals surface area contributed by atoms with E-state index < -0.39 is 0 Å². The molecule has 0 saturated carbocycles. The van der Waals surface area contributed by atoms with Crippen molar-refractivity contribution in [3.8, 4) is 33.6 Å². The Morgan fingerprint density at radius 3 is 1.33 bits per heavy atom. The standard InChI is InChI=1S/C26H18N4/c1-3-9-17(10-4-1)23-21(19-13-7-15-27-25(19)29-23)22-20-14-8-16-28-26(20)30-24(22)18-11-5-2-6-12-18/h1-16H,(H,27,29)(H,28,30). The van der Waals surface area contributed by atoms with Gasteiger partial charge in [0, 0.05) is 34.3 Å². The van der Waals surface area contributed by atoms with Crippen LogP contribution in [0.15, 0.2) is 97.3 Å². The predicted molar refractivity (Wildman–Crippen MR) is 122 cm³/mol. The number of pyridine rings is 2. The highest BCUT2D eigenvalue weighted by Gasteiger charge is 2.23. The monoisotopic (exact) mass is 386 g/mol. The zero-order valence-electron chi connectivity index (χ0n) is 16.1. The lowest BCUT2D eigenvalue weighted by atomic mass is 9.94. The van der Waals surface area contributed by atoms with Crippen LogP contribution in [0.2, 0.25) is 0 Å². The fraction of sp³-hybridized carbons (Fsp3) is 0. The van der Waals surface area contributed by atoms with Crippen molar-refractivity contribution in [3.05, 3.63) is 97.3 Å². The van der Waals surface area contributed by atoms with Crippen LogP contribution in [0.5, 0.6) is 0 Å². The molecule has 0 unspecified atom stereocenters. The highest BCUT2D eigenvalue weighted by Crippen LogP contribution is 2.45. The molecule has 6 aromatic rings. The molecule has 142 valence electrons. The van der Waals surface area contributed by atoms with Crippen LogP contribution in [-0.4, -0.2) is 19.9 Å². The first kappa shape index (κ1) is 16.7. The quantitative estimate of drug-likeness (QED) is 0.368. The van der Waals surface area contributed by atoms with Crippen LogP contribution in [0, 0.1) is 0 Å². The van der Waals surface area contributed by atoms with Crippen molar-refractivity contribution in [2.24, 2.45) is 0 Å². The Morgan fingerprint density at radius 2 is 0.900 bits per heavy atom. The van der Waals surface area contributed by atoms with Gasteiger partial charge in [-0.15, -0.1) is 0 Å². The number of H-pyrrole nitrogens is 2. The van der Waals surface area contributed by atoms with Crippen molar-refractivity contribution < 1.29 is 0 Å². The summed E-state index contributed by atoms with van der Waals surface area (Å²) in [6.07, 6.45) is 3.65. The predicted octanol–water partition coefficient (Wildman–Crippen LogP) is 6.44. The highest BCUT2D eigenvalue weighted by molar-refractivity contribution is 6.13. The van der Waals surface area contributed by atoms with Crippen LogP contribution < -0.4 is 0 Å². The maximum atomic E-state index is 4.60. The van der Waals surface area contributed by atoms with Crippen molar-refractivity contribution in [1.29, 1.82) is 0 Å². The van der Waals surface area contributed by atoms with Gasteiger partial charge in [-0.1, -0.05) is 60.7 Å². The molecule has 0 aliphatic heterocycles. The number of benzene rings is 2. The van der Waals surface area contributed by atoms with Gasteiger partial charge in [-0.05, 0) is 35.4 Å². The van der Waals surface area contributed by atoms with E-state index in [2.05, 4.69) is 80.6 Å². The third-order valence-corrected chi connectivity index (χ3v) is 5.52. The molecular formula is C26H18N4. The molecule has 2 aromatic carbocycles. The molecular weight excluding hydrogens is 368 g/mol. The van der Waals surface area contributed by atoms with Gasteiger partial charge in [0.25, 0.3) is 0 Å². The molecule has 0 fully saturated rings. The Labute approximate surface area is 173 Å². The normalized spacial score (nSPS) is 11.3. The summed E-state index contributed by atoms with van der Waals surface area (Å²) in [5.41, 5.74) is 8.42. The summed E-state index contributed by atoms with van der Waals surface area (Å²) in [6, 6.07) is 29.1. The van der Waals surface area contributed by atoms with Crippen LogP contribution in [-0.2, 0) is 0 Å². The molecule has 6 rings (SSSR count). The Balaban J connectivity index is 1.77. The first-order valence-corrected chi connectivity index (χ1v) is 9.95. The SMILES string of the molecule is c1ccc(-c2[nH]c3ncccc3c2-c2c(-c3ccccc3)[nH]c3ncccc23)cc1. The van der Waals surface area contributed by atoms with E-state index in [1.165, 1.54) is 0 Å². The van der Waals surface area contributed by atoms with Gasteiger partial charge in [-0.2, -0.15) is 0 Å². The summed E-state index contributed by atoms with van der Waals surface area (Å²) in [6.45, 7) is 0. The van der Waals surface area contributed by atoms with E-state index in [0.29, 0.717) is 0 Å². The Kier molecular flexibility index (Phi) is 3.74. The number of hydrogen-bond donors (Lipinski definition) is 2. The first-order valence-electron chi connectivity index (χ1n) is 9.95. The largest absolute Gasteiger partial charge is 0.339 e. The topological polar surface area (TPSA) is 57.4 Å².